The summed E-state index contributed by atoms with van der Waals surface area (Å²) in [5, 5.41) is 21.5. The number of aliphatic carboxylic acids is 1. The van der Waals surface area contributed by atoms with E-state index in [1.54, 1.807) is 37.3 Å². The Morgan fingerprint density at radius 2 is 2.00 bits per heavy atom. The molecule has 0 spiro atoms. The number of rotatable bonds is 10. The summed E-state index contributed by atoms with van der Waals surface area (Å²) in [5.74, 6) is -0.573. The van der Waals surface area contributed by atoms with Gasteiger partial charge in [0, 0.05) is 17.9 Å². The molecule has 2 unspecified atom stereocenters. The first-order valence-electron chi connectivity index (χ1n) is 8.43. The molecule has 0 fully saturated rings. The van der Waals surface area contributed by atoms with Crippen molar-refractivity contribution >= 4 is 17.9 Å². The molecule has 28 heavy (non-hydrogen) atoms. The Bertz CT molecular complexity index is 860. The van der Waals surface area contributed by atoms with Gasteiger partial charge >= 0.3 is 5.97 Å². The van der Waals surface area contributed by atoms with Gasteiger partial charge in [-0.3, -0.25) is 4.79 Å². The number of nitrogens with one attached hydrogen (secondary N) is 1. The van der Waals surface area contributed by atoms with Crippen molar-refractivity contribution in [3.8, 4) is 17.6 Å². The Kier molecular flexibility index (Phi) is 7.37. The van der Waals surface area contributed by atoms with Crippen LogP contribution in [0.4, 0.5) is 5.69 Å². The lowest BCUT2D eigenvalue weighted by molar-refractivity contribution is -0.138. The molecule has 2 rings (SSSR count). The van der Waals surface area contributed by atoms with Gasteiger partial charge in [-0.2, -0.15) is 5.26 Å². The van der Waals surface area contributed by atoms with Gasteiger partial charge in [0.05, 0.1) is 18.7 Å². The molecule has 0 radical (unpaired) electrons. The summed E-state index contributed by atoms with van der Waals surface area (Å²) >= 11 is 0. The number of benzene rings is 2. The normalized spacial score (nSPS) is 12.3. The van der Waals surface area contributed by atoms with Crippen molar-refractivity contribution in [1.29, 1.82) is 5.26 Å². The second-order valence-electron chi connectivity index (χ2n) is 5.59. The number of carbonyl (C=O) groups excluding carboxylic acids is 1. The zero-order chi connectivity index (χ0) is 20.5. The van der Waals surface area contributed by atoms with Gasteiger partial charge in [-0.05, 0) is 49.4 Å². The standard InChI is InChI=1S/C20H20N2O6/c1-3-27-18(12-23)28-17-9-8-15(26-2)10-16(17)19(20(24)25)22-14-6-4-13(11-21)5-7-14/h4-10,12,18-19,22H,3H2,1-2H3,(H,24,25). The highest BCUT2D eigenvalue weighted by molar-refractivity contribution is 5.80. The molecule has 0 bridgehead atoms. The summed E-state index contributed by atoms with van der Waals surface area (Å²) in [4.78, 5) is 23.1. The van der Waals surface area contributed by atoms with E-state index in [9.17, 15) is 14.7 Å². The van der Waals surface area contributed by atoms with E-state index in [-0.39, 0.29) is 17.9 Å². The number of carboxylic acid groups (broad SMARTS) is 1. The first-order chi connectivity index (χ1) is 13.5. The maximum absolute atomic E-state index is 11.9. The molecule has 0 heterocycles. The second-order valence-corrected chi connectivity index (χ2v) is 5.59. The molecule has 0 amide bonds. The highest BCUT2D eigenvalue weighted by Crippen LogP contribution is 2.32. The van der Waals surface area contributed by atoms with E-state index >= 15 is 0 Å². The predicted octanol–water partition coefficient (Wildman–Crippen LogP) is 2.74. The van der Waals surface area contributed by atoms with E-state index in [1.165, 1.54) is 19.2 Å². The van der Waals surface area contributed by atoms with Crippen molar-refractivity contribution < 1.29 is 28.9 Å². The minimum Gasteiger partial charge on any atom is -0.497 e. The number of hydrogen-bond donors (Lipinski definition) is 2. The third-order valence-electron chi connectivity index (χ3n) is 3.79. The Labute approximate surface area is 162 Å². The molecule has 8 nitrogen and oxygen atoms in total. The number of anilines is 1. The molecule has 0 saturated carbocycles. The summed E-state index contributed by atoms with van der Waals surface area (Å²) in [6.45, 7) is 1.96. The van der Waals surface area contributed by atoms with Crippen LogP contribution in [0.25, 0.3) is 0 Å². The number of ether oxygens (including phenoxy) is 3. The topological polar surface area (TPSA) is 118 Å². The summed E-state index contributed by atoms with van der Waals surface area (Å²) in [7, 11) is 1.46. The third-order valence-corrected chi connectivity index (χ3v) is 3.79. The maximum atomic E-state index is 11.9. The van der Waals surface area contributed by atoms with E-state index in [4.69, 9.17) is 19.5 Å². The molecule has 2 atom stereocenters. The van der Waals surface area contributed by atoms with E-state index in [0.29, 0.717) is 23.3 Å². The molecule has 0 aliphatic carbocycles. The molecule has 2 N–H and O–H groups in total. The van der Waals surface area contributed by atoms with Crippen LogP contribution in [0, 0.1) is 11.3 Å². The largest absolute Gasteiger partial charge is 0.497 e. The summed E-state index contributed by atoms with van der Waals surface area (Å²) in [6.07, 6.45) is -0.678. The van der Waals surface area contributed by atoms with Crippen molar-refractivity contribution in [2.45, 2.75) is 19.3 Å². The zero-order valence-corrected chi connectivity index (χ0v) is 15.4. The first-order valence-corrected chi connectivity index (χ1v) is 8.43. The van der Waals surface area contributed by atoms with Crippen molar-refractivity contribution in [3.05, 3.63) is 53.6 Å². The second kappa shape index (κ2) is 9.94. The lowest BCUT2D eigenvalue weighted by atomic mass is 10.0. The van der Waals surface area contributed by atoms with Crippen LogP contribution < -0.4 is 14.8 Å². The Morgan fingerprint density at radius 3 is 2.54 bits per heavy atom. The number of hydrogen-bond acceptors (Lipinski definition) is 7. The van der Waals surface area contributed by atoms with Crippen LogP contribution in [0.15, 0.2) is 42.5 Å². The van der Waals surface area contributed by atoms with E-state index < -0.39 is 18.3 Å². The van der Waals surface area contributed by atoms with Gasteiger partial charge in [0.1, 0.15) is 11.5 Å². The Morgan fingerprint density at radius 1 is 1.29 bits per heavy atom. The SMILES string of the molecule is CCOC(C=O)Oc1ccc(OC)cc1C(Nc1ccc(C#N)cc1)C(=O)O. The van der Waals surface area contributed by atoms with Gasteiger partial charge in [0.2, 0.25) is 0 Å². The Hall–Kier alpha value is -3.57. The van der Waals surface area contributed by atoms with Crippen LogP contribution in [0.3, 0.4) is 0 Å². The first kappa shape index (κ1) is 20.7. The molecule has 0 aromatic heterocycles. The molecule has 0 saturated heterocycles. The van der Waals surface area contributed by atoms with Crippen molar-refractivity contribution in [2.24, 2.45) is 0 Å². The number of nitriles is 1. The highest BCUT2D eigenvalue weighted by atomic mass is 16.7. The van der Waals surface area contributed by atoms with Crippen LogP contribution in [0.5, 0.6) is 11.5 Å². The number of methoxy groups -OCH3 is 1. The third kappa shape index (κ3) is 5.22. The fourth-order valence-electron chi connectivity index (χ4n) is 2.46. The molecule has 0 aliphatic heterocycles. The van der Waals surface area contributed by atoms with Gasteiger partial charge in [0.25, 0.3) is 6.29 Å². The molecule has 8 heteroatoms. The maximum Gasteiger partial charge on any atom is 0.330 e. The molecule has 2 aromatic rings. The minimum absolute atomic E-state index is 0.167. The van der Waals surface area contributed by atoms with E-state index in [0.717, 1.165) is 0 Å². The van der Waals surface area contributed by atoms with E-state index in [2.05, 4.69) is 5.32 Å². The van der Waals surface area contributed by atoms with Gasteiger partial charge in [0.15, 0.2) is 12.3 Å². The summed E-state index contributed by atoms with van der Waals surface area (Å²) < 4.78 is 15.9. The van der Waals surface area contributed by atoms with Crippen molar-refractivity contribution in [3.63, 3.8) is 0 Å². The average molecular weight is 384 g/mol. The summed E-state index contributed by atoms with van der Waals surface area (Å²) in [5.41, 5.74) is 1.20. The molecule has 146 valence electrons. The van der Waals surface area contributed by atoms with Gasteiger partial charge in [-0.25, -0.2) is 4.79 Å². The van der Waals surface area contributed by atoms with Crippen LogP contribution in [-0.2, 0) is 14.3 Å². The van der Waals surface area contributed by atoms with Crippen molar-refractivity contribution in [1.82, 2.24) is 0 Å². The average Bonchev–Trinajstić information content (AvgIpc) is 2.72. The van der Waals surface area contributed by atoms with Gasteiger partial charge in [-0.1, -0.05) is 0 Å². The molecular formula is C20H20N2O6. The lowest BCUT2D eigenvalue weighted by Gasteiger charge is -2.22. The fraction of sp³-hybridized carbons (Fsp3) is 0.250. The Balaban J connectivity index is 2.41. The fourth-order valence-corrected chi connectivity index (χ4v) is 2.46. The molecular weight excluding hydrogens is 364 g/mol. The van der Waals surface area contributed by atoms with Crippen molar-refractivity contribution in [2.75, 3.05) is 19.0 Å². The quantitative estimate of drug-likeness (QED) is 0.474. The van der Waals surface area contributed by atoms with Crippen LogP contribution in [0.1, 0.15) is 24.1 Å². The molecule has 0 aliphatic rings. The monoisotopic (exact) mass is 384 g/mol. The molecule has 2 aromatic carbocycles. The summed E-state index contributed by atoms with van der Waals surface area (Å²) in [6, 6.07) is 11.8. The highest BCUT2D eigenvalue weighted by Gasteiger charge is 2.26. The number of aldehydes is 1. The number of carbonyl (C=O) groups is 2. The lowest BCUT2D eigenvalue weighted by Crippen LogP contribution is -2.25. The van der Waals surface area contributed by atoms with Gasteiger partial charge in [-0.15, -0.1) is 0 Å². The minimum atomic E-state index is -1.20. The smallest absolute Gasteiger partial charge is 0.330 e. The van der Waals surface area contributed by atoms with Crippen LogP contribution in [-0.4, -0.2) is 37.4 Å². The van der Waals surface area contributed by atoms with Crippen LogP contribution in [0.2, 0.25) is 0 Å². The number of carboxylic acids is 1. The van der Waals surface area contributed by atoms with Crippen LogP contribution >= 0.6 is 0 Å². The zero-order valence-electron chi connectivity index (χ0n) is 15.4. The van der Waals surface area contributed by atoms with Gasteiger partial charge < -0.3 is 24.6 Å². The van der Waals surface area contributed by atoms with E-state index in [1.807, 2.05) is 6.07 Å². The number of nitrogens with zero attached hydrogens (tertiary/aromatic N) is 1. The predicted molar refractivity (Wildman–Crippen MR) is 100 cm³/mol.